The van der Waals surface area contributed by atoms with Crippen molar-refractivity contribution >= 4 is 27.4 Å². The fraction of sp³-hybridized carbons (Fsp3) is 0.353. The summed E-state index contributed by atoms with van der Waals surface area (Å²) in [4.78, 5) is 18.5. The molecule has 3 aromatic heterocycles. The van der Waals surface area contributed by atoms with Gasteiger partial charge in [0.25, 0.3) is 0 Å². The third-order valence-corrected chi connectivity index (χ3v) is 5.38. The van der Waals surface area contributed by atoms with E-state index in [-0.39, 0.29) is 0 Å². The Morgan fingerprint density at radius 2 is 2.12 bits per heavy atom. The molecule has 7 heteroatoms. The molecule has 0 amide bonds. The summed E-state index contributed by atoms with van der Waals surface area (Å²) in [5.41, 5.74) is 8.06. The number of anilines is 1. The number of fused-ring (bicyclic) bond motifs is 3. The van der Waals surface area contributed by atoms with E-state index in [4.69, 9.17) is 15.7 Å². The van der Waals surface area contributed by atoms with Crippen molar-refractivity contribution in [3.63, 3.8) is 0 Å². The maximum Gasteiger partial charge on any atom is 0.163 e. The Hall–Kier alpha value is -2.09. The van der Waals surface area contributed by atoms with E-state index in [1.165, 1.54) is 15.8 Å². The summed E-state index contributed by atoms with van der Waals surface area (Å²) in [7, 11) is 2.16. The molecule has 0 saturated carbocycles. The second-order valence-electron chi connectivity index (χ2n) is 6.02. The Morgan fingerprint density at radius 1 is 1.29 bits per heavy atom. The van der Waals surface area contributed by atoms with E-state index in [1.807, 2.05) is 12.1 Å². The van der Waals surface area contributed by atoms with Crippen LogP contribution in [0.1, 0.15) is 10.4 Å². The van der Waals surface area contributed by atoms with E-state index >= 15 is 0 Å². The second-order valence-corrected chi connectivity index (χ2v) is 7.10. The summed E-state index contributed by atoms with van der Waals surface area (Å²) in [6, 6.07) is 3.88. The van der Waals surface area contributed by atoms with Gasteiger partial charge in [-0.2, -0.15) is 0 Å². The van der Waals surface area contributed by atoms with E-state index in [9.17, 15) is 0 Å². The molecule has 0 saturated heterocycles. The molecule has 0 unspecified atom stereocenters. The summed E-state index contributed by atoms with van der Waals surface area (Å²) in [5.74, 6) is 1.63. The molecule has 4 heterocycles. The van der Waals surface area contributed by atoms with Crippen LogP contribution in [-0.2, 0) is 13.0 Å². The number of rotatable bonds is 4. The predicted octanol–water partition coefficient (Wildman–Crippen LogP) is 2.11. The number of nitrogens with zero attached hydrogens (tertiary/aromatic N) is 4. The van der Waals surface area contributed by atoms with Gasteiger partial charge in [-0.05, 0) is 31.2 Å². The molecule has 0 atom stereocenters. The van der Waals surface area contributed by atoms with Crippen molar-refractivity contribution in [1.82, 2.24) is 19.9 Å². The lowest BCUT2D eigenvalue weighted by Crippen LogP contribution is -2.25. The molecule has 0 aromatic carbocycles. The monoisotopic (exact) mass is 340 g/mol. The van der Waals surface area contributed by atoms with Crippen LogP contribution >= 0.6 is 11.3 Å². The highest BCUT2D eigenvalue weighted by atomic mass is 32.1. The fourth-order valence-electron chi connectivity index (χ4n) is 3.07. The smallest absolute Gasteiger partial charge is 0.163 e. The lowest BCUT2D eigenvalue weighted by molar-refractivity contribution is 0.318. The number of likely N-dealkylation sites (N-methyl/N-ethyl adjacent to an activating group) is 1. The Balaban J connectivity index is 1.89. The van der Waals surface area contributed by atoms with Crippen molar-refractivity contribution in [3.8, 4) is 11.4 Å². The van der Waals surface area contributed by atoms with Gasteiger partial charge < -0.3 is 16.0 Å². The number of hydrogen-bond acceptors (Lipinski definition) is 7. The minimum absolute atomic E-state index is 0.575. The van der Waals surface area contributed by atoms with Crippen molar-refractivity contribution in [3.05, 3.63) is 35.0 Å². The van der Waals surface area contributed by atoms with Gasteiger partial charge in [0.15, 0.2) is 5.82 Å². The zero-order valence-electron chi connectivity index (χ0n) is 13.6. The summed E-state index contributed by atoms with van der Waals surface area (Å²) >= 11 is 1.78. The van der Waals surface area contributed by atoms with Crippen molar-refractivity contribution in [1.29, 1.82) is 0 Å². The maximum atomic E-state index is 5.68. The van der Waals surface area contributed by atoms with Gasteiger partial charge in [0.1, 0.15) is 10.6 Å². The van der Waals surface area contributed by atoms with E-state index in [2.05, 4.69) is 22.2 Å². The van der Waals surface area contributed by atoms with E-state index in [0.717, 1.165) is 41.5 Å². The van der Waals surface area contributed by atoms with Gasteiger partial charge in [-0.3, -0.25) is 4.98 Å². The average molecular weight is 340 g/mol. The van der Waals surface area contributed by atoms with Crippen LogP contribution in [0.25, 0.3) is 21.6 Å². The molecule has 6 nitrogen and oxygen atoms in total. The van der Waals surface area contributed by atoms with Crippen LogP contribution < -0.4 is 11.1 Å². The molecule has 1 aliphatic rings. The van der Waals surface area contributed by atoms with Crippen molar-refractivity contribution in [2.75, 3.05) is 32.0 Å². The van der Waals surface area contributed by atoms with Crippen LogP contribution in [0.3, 0.4) is 0 Å². The highest BCUT2D eigenvalue weighted by Crippen LogP contribution is 2.38. The first kappa shape index (κ1) is 15.4. The molecule has 1 aliphatic heterocycles. The Morgan fingerprint density at radius 3 is 2.92 bits per heavy atom. The van der Waals surface area contributed by atoms with Gasteiger partial charge in [-0.15, -0.1) is 11.3 Å². The second kappa shape index (κ2) is 6.43. The third-order valence-electron chi connectivity index (χ3n) is 4.27. The van der Waals surface area contributed by atoms with Gasteiger partial charge in [-0.1, -0.05) is 0 Å². The molecule has 124 valence electrons. The minimum atomic E-state index is 0.575. The highest BCUT2D eigenvalue weighted by molar-refractivity contribution is 7.19. The predicted molar refractivity (Wildman–Crippen MR) is 98.2 cm³/mol. The van der Waals surface area contributed by atoms with Gasteiger partial charge in [0, 0.05) is 49.0 Å². The van der Waals surface area contributed by atoms with Gasteiger partial charge in [-0.25, -0.2) is 9.97 Å². The van der Waals surface area contributed by atoms with Gasteiger partial charge in [0.2, 0.25) is 0 Å². The van der Waals surface area contributed by atoms with Crippen LogP contribution in [-0.4, -0.2) is 46.5 Å². The SMILES string of the molecule is CN1CCc2c(sc3nc(-c4ccncc4)nc(NCCN)c23)C1. The molecule has 0 aliphatic carbocycles. The number of nitrogens with two attached hydrogens (primary N) is 1. The molecule has 0 fully saturated rings. The number of pyridine rings is 1. The van der Waals surface area contributed by atoms with E-state index < -0.39 is 0 Å². The maximum absolute atomic E-state index is 5.68. The molecule has 3 aromatic rings. The highest BCUT2D eigenvalue weighted by Gasteiger charge is 2.23. The van der Waals surface area contributed by atoms with Crippen molar-refractivity contribution in [2.45, 2.75) is 13.0 Å². The number of aromatic nitrogens is 3. The molecular formula is C17H20N6S. The molecule has 0 spiro atoms. The molecule has 24 heavy (non-hydrogen) atoms. The molecular weight excluding hydrogens is 320 g/mol. The fourth-order valence-corrected chi connectivity index (χ4v) is 4.37. The Kier molecular flexibility index (Phi) is 4.13. The third kappa shape index (κ3) is 2.75. The quantitative estimate of drug-likeness (QED) is 0.757. The van der Waals surface area contributed by atoms with Crippen molar-refractivity contribution in [2.24, 2.45) is 5.73 Å². The average Bonchev–Trinajstić information content (AvgIpc) is 2.97. The van der Waals surface area contributed by atoms with Crippen LogP contribution in [0.2, 0.25) is 0 Å². The zero-order valence-corrected chi connectivity index (χ0v) is 14.4. The molecule has 4 rings (SSSR count). The standard InChI is InChI=1S/C17H20N6S/c1-23-9-4-12-13(10-23)24-17-14(12)16(20-8-5-18)21-15(22-17)11-2-6-19-7-3-11/h2-3,6-7H,4-5,8-10,18H2,1H3,(H,20,21,22). The van der Waals surface area contributed by atoms with Crippen molar-refractivity contribution < 1.29 is 0 Å². The van der Waals surface area contributed by atoms with Gasteiger partial charge >= 0.3 is 0 Å². The summed E-state index contributed by atoms with van der Waals surface area (Å²) in [6.45, 7) is 3.33. The summed E-state index contributed by atoms with van der Waals surface area (Å²) in [6.07, 6.45) is 4.58. The zero-order chi connectivity index (χ0) is 16.5. The first-order valence-electron chi connectivity index (χ1n) is 8.11. The molecule has 0 radical (unpaired) electrons. The van der Waals surface area contributed by atoms with E-state index in [1.54, 1.807) is 23.7 Å². The Labute approximate surface area is 144 Å². The largest absolute Gasteiger partial charge is 0.368 e. The van der Waals surface area contributed by atoms with Crippen LogP contribution in [0, 0.1) is 0 Å². The van der Waals surface area contributed by atoms with Crippen LogP contribution in [0.4, 0.5) is 5.82 Å². The normalized spacial score (nSPS) is 14.8. The lowest BCUT2D eigenvalue weighted by atomic mass is 10.1. The van der Waals surface area contributed by atoms with Crippen LogP contribution in [0.15, 0.2) is 24.5 Å². The van der Waals surface area contributed by atoms with E-state index in [0.29, 0.717) is 13.1 Å². The molecule has 3 N–H and O–H groups in total. The topological polar surface area (TPSA) is 80.0 Å². The first-order chi connectivity index (χ1) is 11.8. The lowest BCUT2D eigenvalue weighted by Gasteiger charge is -2.22. The number of hydrogen-bond donors (Lipinski definition) is 2. The summed E-state index contributed by atoms with van der Waals surface area (Å²) < 4.78 is 0. The minimum Gasteiger partial charge on any atom is -0.368 e. The number of thiophene rings is 1. The Bertz CT molecular complexity index is 860. The molecule has 0 bridgehead atoms. The van der Waals surface area contributed by atoms with Gasteiger partial charge in [0.05, 0.1) is 5.39 Å². The van der Waals surface area contributed by atoms with Crippen LogP contribution in [0.5, 0.6) is 0 Å². The number of nitrogens with one attached hydrogen (secondary N) is 1. The summed E-state index contributed by atoms with van der Waals surface area (Å²) in [5, 5.41) is 4.57. The first-order valence-corrected chi connectivity index (χ1v) is 8.93.